The van der Waals surface area contributed by atoms with Crippen LogP contribution in [0.25, 0.3) is 0 Å². The molecule has 0 radical (unpaired) electrons. The highest BCUT2D eigenvalue weighted by Crippen LogP contribution is 2.27. The lowest BCUT2D eigenvalue weighted by atomic mass is 10.1. The molecule has 0 bridgehead atoms. The zero-order chi connectivity index (χ0) is 25.0. The summed E-state index contributed by atoms with van der Waals surface area (Å²) < 4.78 is 11.0. The Morgan fingerprint density at radius 3 is 2.56 bits per heavy atom. The molecule has 0 saturated carbocycles. The fourth-order valence-electron chi connectivity index (χ4n) is 3.07. The van der Waals surface area contributed by atoms with Crippen LogP contribution in [-0.2, 0) is 25.7 Å². The van der Waals surface area contributed by atoms with Crippen molar-refractivity contribution in [1.29, 1.82) is 0 Å². The number of aromatic hydroxyl groups is 1. The summed E-state index contributed by atoms with van der Waals surface area (Å²) in [6, 6.07) is 3.66. The summed E-state index contributed by atoms with van der Waals surface area (Å²) in [5, 5.41) is 51.4. The van der Waals surface area contributed by atoms with Gasteiger partial charge in [-0.25, -0.2) is 9.59 Å². The first-order valence-corrected chi connectivity index (χ1v) is 9.86. The fourth-order valence-corrected chi connectivity index (χ4v) is 3.07. The number of nitrogens with one attached hydrogen (secondary N) is 2. The van der Waals surface area contributed by atoms with E-state index in [1.165, 1.54) is 12.1 Å². The van der Waals surface area contributed by atoms with Crippen molar-refractivity contribution in [3.8, 4) is 5.75 Å². The van der Waals surface area contributed by atoms with E-state index in [1.54, 1.807) is 0 Å². The lowest BCUT2D eigenvalue weighted by molar-refractivity contribution is -0.165. The maximum atomic E-state index is 12.1. The highest BCUT2D eigenvalue weighted by molar-refractivity contribution is 5.88. The molecule has 3 heterocycles. The number of aromatic nitrogens is 3. The second-order valence-corrected chi connectivity index (χ2v) is 7.31. The van der Waals surface area contributed by atoms with E-state index in [1.807, 2.05) is 4.98 Å². The second-order valence-electron chi connectivity index (χ2n) is 7.31. The third-order valence-corrected chi connectivity index (χ3v) is 4.92. The molecule has 1 fully saturated rings. The van der Waals surface area contributed by atoms with E-state index in [0.29, 0.717) is 0 Å². The monoisotopic (exact) mass is 482 g/mol. The lowest BCUT2D eigenvalue weighted by Crippen LogP contribution is -2.49. The quantitative estimate of drug-likeness (QED) is 0.178. The smallest absolute Gasteiger partial charge is 0.338 e. The zero-order valence-electron chi connectivity index (χ0n) is 17.3. The van der Waals surface area contributed by atoms with E-state index in [0.717, 1.165) is 23.0 Å². The number of pyridine rings is 1. The molecule has 0 spiro atoms. The highest BCUT2D eigenvalue weighted by Gasteiger charge is 2.44. The van der Waals surface area contributed by atoms with Gasteiger partial charge < -0.3 is 40.3 Å². The van der Waals surface area contributed by atoms with E-state index in [9.17, 15) is 39.6 Å². The van der Waals surface area contributed by atoms with Crippen LogP contribution in [0.15, 0.2) is 40.2 Å². The Morgan fingerprint density at radius 1 is 1.18 bits per heavy atom. The van der Waals surface area contributed by atoms with E-state index in [-0.39, 0.29) is 11.4 Å². The summed E-state index contributed by atoms with van der Waals surface area (Å²) in [5.41, 5.74) is -1.34. The van der Waals surface area contributed by atoms with Crippen LogP contribution in [0.2, 0.25) is 0 Å². The SMILES string of the molecule is O=C(NC[C@H]1OC(n2ccc(=O)[nH]c2=O)[C@H](O)[C@@H]1O)[C@H](O)[C@@H](O)C(=O)OCc1ccc(O)cn1. The van der Waals surface area contributed by atoms with Crippen molar-refractivity contribution >= 4 is 11.9 Å². The van der Waals surface area contributed by atoms with Crippen LogP contribution >= 0.6 is 0 Å². The number of hydrogen-bond donors (Lipinski definition) is 7. The van der Waals surface area contributed by atoms with Crippen LogP contribution in [0.1, 0.15) is 11.9 Å². The number of aromatic amines is 1. The summed E-state index contributed by atoms with van der Waals surface area (Å²) >= 11 is 0. The predicted molar refractivity (Wildman–Crippen MR) is 108 cm³/mol. The molecule has 1 amide bonds. The van der Waals surface area contributed by atoms with Crippen LogP contribution in [0.3, 0.4) is 0 Å². The predicted octanol–water partition coefficient (Wildman–Crippen LogP) is -4.16. The first-order chi connectivity index (χ1) is 16.1. The average Bonchev–Trinajstić information content (AvgIpc) is 3.09. The van der Waals surface area contributed by atoms with E-state index < -0.39 is 73.0 Å². The van der Waals surface area contributed by atoms with Crippen molar-refractivity contribution in [1.82, 2.24) is 19.9 Å². The van der Waals surface area contributed by atoms with Gasteiger partial charge in [0.05, 0.1) is 11.9 Å². The van der Waals surface area contributed by atoms with Crippen LogP contribution in [0, 0.1) is 0 Å². The Hall–Kier alpha value is -3.63. The number of esters is 1. The van der Waals surface area contributed by atoms with Crippen LogP contribution < -0.4 is 16.6 Å². The molecule has 1 aliphatic rings. The van der Waals surface area contributed by atoms with E-state index in [2.05, 4.69) is 10.3 Å². The van der Waals surface area contributed by atoms with Gasteiger partial charge in [0.15, 0.2) is 18.4 Å². The summed E-state index contributed by atoms with van der Waals surface area (Å²) in [6.45, 7) is -0.863. The second kappa shape index (κ2) is 10.5. The number of rotatable bonds is 8. The number of carbonyl (C=O) groups excluding carboxylic acids is 2. The molecule has 15 heteroatoms. The molecule has 1 aliphatic heterocycles. The first kappa shape index (κ1) is 25.0. The van der Waals surface area contributed by atoms with Gasteiger partial charge in [-0.2, -0.15) is 0 Å². The van der Waals surface area contributed by atoms with Crippen molar-refractivity contribution in [2.75, 3.05) is 6.54 Å². The van der Waals surface area contributed by atoms with Gasteiger partial charge in [-0.15, -0.1) is 0 Å². The van der Waals surface area contributed by atoms with Gasteiger partial charge in [-0.05, 0) is 12.1 Å². The Bertz CT molecular complexity index is 1130. The molecule has 2 aromatic heterocycles. The molecule has 1 unspecified atom stereocenters. The number of aliphatic hydroxyl groups excluding tert-OH is 4. The molecular weight excluding hydrogens is 460 g/mol. The van der Waals surface area contributed by atoms with Crippen molar-refractivity contribution in [2.45, 2.75) is 43.4 Å². The molecular formula is C19H22N4O11. The number of nitrogens with zero attached hydrogens (tertiary/aromatic N) is 2. The van der Waals surface area contributed by atoms with Crippen LogP contribution in [-0.4, -0.2) is 89.0 Å². The standard InChI is InChI=1S/C19H22N4O11/c24-9-2-1-8(20-5-9)7-33-18(31)15(29)13(27)16(30)21-6-10-12(26)14(28)17(34-10)23-4-3-11(25)22-19(23)32/h1-5,10,12-15,17,24,26-29H,6-7H2,(H,21,30)(H,22,25,32)/t10-,12-,13-,14-,15-,17?/m1/s1. The Morgan fingerprint density at radius 2 is 1.91 bits per heavy atom. The fraction of sp³-hybridized carbons (Fsp3) is 0.421. The highest BCUT2D eigenvalue weighted by atomic mass is 16.6. The number of carbonyl (C=O) groups is 2. The summed E-state index contributed by atoms with van der Waals surface area (Å²) in [6.07, 6.45) is -8.08. The molecule has 1 saturated heterocycles. The van der Waals surface area contributed by atoms with Crippen molar-refractivity contribution in [2.24, 2.45) is 0 Å². The Labute approximate surface area is 189 Å². The van der Waals surface area contributed by atoms with Gasteiger partial charge in [0.25, 0.3) is 11.5 Å². The van der Waals surface area contributed by atoms with Crippen molar-refractivity contribution in [3.05, 3.63) is 57.1 Å². The molecule has 184 valence electrons. The van der Waals surface area contributed by atoms with Crippen molar-refractivity contribution < 1.29 is 44.6 Å². The average molecular weight is 482 g/mol. The normalized spacial score (nSPS) is 23.8. The number of aliphatic hydroxyl groups is 4. The lowest BCUT2D eigenvalue weighted by Gasteiger charge is -2.19. The van der Waals surface area contributed by atoms with Gasteiger partial charge in [0.2, 0.25) is 0 Å². The molecule has 7 N–H and O–H groups in total. The minimum absolute atomic E-state index is 0.108. The molecule has 15 nitrogen and oxygen atoms in total. The van der Waals surface area contributed by atoms with Gasteiger partial charge in [0.1, 0.15) is 30.7 Å². The largest absolute Gasteiger partial charge is 0.506 e. The third-order valence-electron chi connectivity index (χ3n) is 4.92. The third kappa shape index (κ3) is 5.64. The van der Waals surface area contributed by atoms with Crippen LogP contribution in [0.5, 0.6) is 5.75 Å². The molecule has 34 heavy (non-hydrogen) atoms. The molecule has 2 aromatic rings. The summed E-state index contributed by atoms with van der Waals surface area (Å²) in [7, 11) is 0. The summed E-state index contributed by atoms with van der Waals surface area (Å²) in [5.74, 6) is -2.63. The van der Waals surface area contributed by atoms with Crippen LogP contribution in [0.4, 0.5) is 0 Å². The van der Waals surface area contributed by atoms with E-state index in [4.69, 9.17) is 14.6 Å². The van der Waals surface area contributed by atoms with Gasteiger partial charge in [-0.1, -0.05) is 0 Å². The number of H-pyrrole nitrogens is 1. The molecule has 0 aromatic carbocycles. The maximum Gasteiger partial charge on any atom is 0.338 e. The first-order valence-electron chi connectivity index (χ1n) is 9.86. The Kier molecular flexibility index (Phi) is 7.75. The van der Waals surface area contributed by atoms with Gasteiger partial charge in [0, 0.05) is 18.8 Å². The zero-order valence-corrected chi connectivity index (χ0v) is 17.3. The molecule has 3 rings (SSSR count). The topological polar surface area (TPSA) is 234 Å². The summed E-state index contributed by atoms with van der Waals surface area (Å²) in [4.78, 5) is 52.8. The Balaban J connectivity index is 1.52. The van der Waals surface area contributed by atoms with E-state index >= 15 is 0 Å². The van der Waals surface area contributed by atoms with Gasteiger partial charge in [-0.3, -0.25) is 24.1 Å². The molecule has 0 aliphatic carbocycles. The van der Waals surface area contributed by atoms with Crippen molar-refractivity contribution in [3.63, 3.8) is 0 Å². The number of amides is 1. The minimum atomic E-state index is -2.25. The number of ether oxygens (including phenoxy) is 2. The molecule has 6 atom stereocenters. The maximum absolute atomic E-state index is 12.1. The minimum Gasteiger partial charge on any atom is -0.506 e. The number of hydrogen-bond acceptors (Lipinski definition) is 12. The van der Waals surface area contributed by atoms with Gasteiger partial charge >= 0.3 is 11.7 Å².